The van der Waals surface area contributed by atoms with Crippen LogP contribution in [-0.2, 0) is 11.2 Å². The Bertz CT molecular complexity index is 293. The molecule has 0 aromatic carbocycles. The molecular formula is C10H15NOS. The van der Waals surface area contributed by atoms with Gasteiger partial charge in [0.05, 0.1) is 5.01 Å². The number of hydrogen-bond acceptors (Lipinski definition) is 3. The van der Waals surface area contributed by atoms with Crippen LogP contribution in [0.5, 0.6) is 0 Å². The first-order chi connectivity index (χ1) is 6.08. The van der Waals surface area contributed by atoms with Crippen molar-refractivity contribution in [2.45, 2.75) is 33.6 Å². The molecule has 0 radical (unpaired) electrons. The molecule has 0 fully saturated rings. The molecule has 0 aliphatic rings. The van der Waals surface area contributed by atoms with Crippen LogP contribution < -0.4 is 0 Å². The number of carbonyl (C=O) groups excluding carboxylic acids is 1. The van der Waals surface area contributed by atoms with E-state index in [-0.39, 0.29) is 5.78 Å². The number of thiazole rings is 1. The molecule has 1 unspecified atom stereocenters. The van der Waals surface area contributed by atoms with Crippen molar-refractivity contribution in [2.24, 2.45) is 5.92 Å². The summed E-state index contributed by atoms with van der Waals surface area (Å²) in [6.07, 6.45) is 1.59. The molecule has 0 saturated carbocycles. The normalized spacial score (nSPS) is 12.8. The Morgan fingerprint density at radius 2 is 2.38 bits per heavy atom. The van der Waals surface area contributed by atoms with E-state index in [0.29, 0.717) is 12.3 Å². The minimum atomic E-state index is 0.265. The molecule has 0 saturated heterocycles. The number of rotatable bonds is 4. The van der Waals surface area contributed by atoms with Crippen LogP contribution in [0.15, 0.2) is 5.38 Å². The highest BCUT2D eigenvalue weighted by molar-refractivity contribution is 7.09. The second-order valence-electron chi connectivity index (χ2n) is 3.60. The van der Waals surface area contributed by atoms with Crippen LogP contribution in [0.4, 0.5) is 0 Å². The molecule has 0 spiro atoms. The second-order valence-corrected chi connectivity index (χ2v) is 4.54. The summed E-state index contributed by atoms with van der Waals surface area (Å²) in [7, 11) is 0. The van der Waals surface area contributed by atoms with Gasteiger partial charge >= 0.3 is 0 Å². The van der Waals surface area contributed by atoms with E-state index in [4.69, 9.17) is 0 Å². The van der Waals surface area contributed by atoms with Crippen molar-refractivity contribution < 1.29 is 4.79 Å². The van der Waals surface area contributed by atoms with E-state index in [0.717, 1.165) is 17.1 Å². The summed E-state index contributed by atoms with van der Waals surface area (Å²) in [5, 5.41) is 3.20. The summed E-state index contributed by atoms with van der Waals surface area (Å²) < 4.78 is 0. The standard InChI is InChI=1S/C10H15NOS/c1-7(4-9(3)12)5-10-11-8(2)6-13-10/h6-7H,4-5H2,1-3H3. The van der Waals surface area contributed by atoms with Gasteiger partial charge in [-0.2, -0.15) is 0 Å². The largest absolute Gasteiger partial charge is 0.300 e. The SMILES string of the molecule is CC(=O)CC(C)Cc1nc(C)cs1. The van der Waals surface area contributed by atoms with Gasteiger partial charge in [-0.3, -0.25) is 0 Å². The molecule has 1 aromatic rings. The zero-order chi connectivity index (χ0) is 9.84. The first-order valence-electron chi connectivity index (χ1n) is 4.48. The number of nitrogens with zero attached hydrogens (tertiary/aromatic N) is 1. The van der Waals surface area contributed by atoms with Crippen molar-refractivity contribution in [3.8, 4) is 0 Å². The Kier molecular flexibility index (Phi) is 3.60. The fourth-order valence-electron chi connectivity index (χ4n) is 1.36. The van der Waals surface area contributed by atoms with E-state index in [9.17, 15) is 4.79 Å². The molecule has 72 valence electrons. The molecule has 1 aromatic heterocycles. The third kappa shape index (κ3) is 3.68. The van der Waals surface area contributed by atoms with E-state index in [1.54, 1.807) is 18.3 Å². The van der Waals surface area contributed by atoms with Gasteiger partial charge in [0, 0.05) is 23.9 Å². The minimum absolute atomic E-state index is 0.265. The third-order valence-electron chi connectivity index (χ3n) is 1.83. The van der Waals surface area contributed by atoms with E-state index in [2.05, 4.69) is 17.3 Å². The van der Waals surface area contributed by atoms with Gasteiger partial charge in [-0.1, -0.05) is 6.92 Å². The van der Waals surface area contributed by atoms with Crippen LogP contribution in [0.1, 0.15) is 31.0 Å². The number of aryl methyl sites for hydroxylation is 1. The Hall–Kier alpha value is -0.700. The maximum atomic E-state index is 10.8. The number of hydrogen-bond donors (Lipinski definition) is 0. The maximum Gasteiger partial charge on any atom is 0.130 e. The van der Waals surface area contributed by atoms with Gasteiger partial charge in [0.15, 0.2) is 0 Å². The van der Waals surface area contributed by atoms with Crippen molar-refractivity contribution in [1.29, 1.82) is 0 Å². The summed E-state index contributed by atoms with van der Waals surface area (Å²) in [6.45, 7) is 5.73. The molecule has 0 amide bonds. The van der Waals surface area contributed by atoms with Gasteiger partial charge in [0.2, 0.25) is 0 Å². The van der Waals surface area contributed by atoms with Crippen LogP contribution in [0, 0.1) is 12.8 Å². The quantitative estimate of drug-likeness (QED) is 0.742. The Morgan fingerprint density at radius 3 is 2.85 bits per heavy atom. The lowest BCUT2D eigenvalue weighted by molar-refractivity contribution is -0.117. The molecule has 0 bridgehead atoms. The van der Waals surface area contributed by atoms with E-state index >= 15 is 0 Å². The van der Waals surface area contributed by atoms with Gasteiger partial charge in [-0.15, -0.1) is 11.3 Å². The predicted molar refractivity (Wildman–Crippen MR) is 55.0 cm³/mol. The molecule has 3 heteroatoms. The number of ketones is 1. The zero-order valence-electron chi connectivity index (χ0n) is 8.33. The number of Topliss-reactive ketones (excluding diaryl/α,β-unsaturated/α-hetero) is 1. The average Bonchev–Trinajstić information content (AvgIpc) is 2.33. The van der Waals surface area contributed by atoms with E-state index < -0.39 is 0 Å². The van der Waals surface area contributed by atoms with E-state index in [1.807, 2.05) is 6.92 Å². The van der Waals surface area contributed by atoms with Crippen LogP contribution in [0.2, 0.25) is 0 Å². The van der Waals surface area contributed by atoms with Gasteiger partial charge in [0.25, 0.3) is 0 Å². The fourth-order valence-corrected chi connectivity index (χ4v) is 2.29. The second kappa shape index (κ2) is 4.51. The van der Waals surface area contributed by atoms with Crippen molar-refractivity contribution in [3.63, 3.8) is 0 Å². The molecule has 1 rings (SSSR count). The van der Waals surface area contributed by atoms with Crippen molar-refractivity contribution >= 4 is 17.1 Å². The predicted octanol–water partition coefficient (Wildman–Crippen LogP) is 2.61. The van der Waals surface area contributed by atoms with Crippen LogP contribution in [0.3, 0.4) is 0 Å². The lowest BCUT2D eigenvalue weighted by Crippen LogP contribution is -2.04. The van der Waals surface area contributed by atoms with E-state index in [1.165, 1.54) is 0 Å². The van der Waals surface area contributed by atoms with Crippen LogP contribution in [-0.4, -0.2) is 10.8 Å². The molecule has 13 heavy (non-hydrogen) atoms. The van der Waals surface area contributed by atoms with Crippen molar-refractivity contribution in [1.82, 2.24) is 4.98 Å². The summed E-state index contributed by atoms with van der Waals surface area (Å²) in [5.41, 5.74) is 1.08. The van der Waals surface area contributed by atoms with Crippen molar-refractivity contribution in [3.05, 3.63) is 16.1 Å². The number of carbonyl (C=O) groups is 1. The average molecular weight is 197 g/mol. The maximum absolute atomic E-state index is 10.8. The minimum Gasteiger partial charge on any atom is -0.300 e. The third-order valence-corrected chi connectivity index (χ3v) is 2.81. The summed E-state index contributed by atoms with van der Waals surface area (Å²) >= 11 is 1.68. The Labute approximate surface area is 83.0 Å². The first-order valence-corrected chi connectivity index (χ1v) is 5.36. The lowest BCUT2D eigenvalue weighted by Gasteiger charge is -2.05. The molecule has 1 atom stereocenters. The molecule has 1 heterocycles. The zero-order valence-corrected chi connectivity index (χ0v) is 9.15. The highest BCUT2D eigenvalue weighted by Crippen LogP contribution is 2.15. The molecule has 0 N–H and O–H groups in total. The summed E-state index contributed by atoms with van der Waals surface area (Å²) in [5.74, 6) is 0.684. The molecule has 0 aliphatic heterocycles. The highest BCUT2D eigenvalue weighted by atomic mass is 32.1. The lowest BCUT2D eigenvalue weighted by atomic mass is 10.0. The first kappa shape index (κ1) is 10.4. The summed E-state index contributed by atoms with van der Waals surface area (Å²) in [4.78, 5) is 15.2. The monoisotopic (exact) mass is 197 g/mol. The smallest absolute Gasteiger partial charge is 0.130 e. The van der Waals surface area contributed by atoms with Crippen LogP contribution in [0.25, 0.3) is 0 Å². The highest BCUT2D eigenvalue weighted by Gasteiger charge is 2.08. The Morgan fingerprint density at radius 1 is 1.69 bits per heavy atom. The molecule has 2 nitrogen and oxygen atoms in total. The molecular weight excluding hydrogens is 182 g/mol. The molecule has 0 aliphatic carbocycles. The summed E-state index contributed by atoms with van der Waals surface area (Å²) in [6, 6.07) is 0. The van der Waals surface area contributed by atoms with Crippen molar-refractivity contribution in [2.75, 3.05) is 0 Å². The topological polar surface area (TPSA) is 30.0 Å². The number of aromatic nitrogens is 1. The van der Waals surface area contributed by atoms with Gasteiger partial charge in [-0.05, 0) is 19.8 Å². The van der Waals surface area contributed by atoms with Gasteiger partial charge in [0.1, 0.15) is 5.78 Å². The Balaban J connectivity index is 2.44. The fraction of sp³-hybridized carbons (Fsp3) is 0.600. The van der Waals surface area contributed by atoms with Gasteiger partial charge < -0.3 is 4.79 Å². The van der Waals surface area contributed by atoms with Gasteiger partial charge in [-0.25, -0.2) is 4.98 Å². The van der Waals surface area contributed by atoms with Crippen LogP contribution >= 0.6 is 11.3 Å².